The number of carbonyl (C=O) groups excluding carboxylic acids is 1. The lowest BCUT2D eigenvalue weighted by Crippen LogP contribution is -2.41. The van der Waals surface area contributed by atoms with E-state index in [9.17, 15) is 9.18 Å². The zero-order valence-electron chi connectivity index (χ0n) is 17.7. The Hall–Kier alpha value is -3.29. The Labute approximate surface area is 180 Å². The van der Waals surface area contributed by atoms with Crippen LogP contribution in [-0.2, 0) is 0 Å². The van der Waals surface area contributed by atoms with E-state index in [0.29, 0.717) is 30.3 Å². The lowest BCUT2D eigenvalue weighted by Gasteiger charge is -2.30. The molecule has 1 aliphatic rings. The van der Waals surface area contributed by atoms with Crippen LogP contribution in [0.5, 0.6) is 5.88 Å². The summed E-state index contributed by atoms with van der Waals surface area (Å²) in [6, 6.07) is 8.69. The Bertz CT molecular complexity index is 1020. The van der Waals surface area contributed by atoms with Crippen molar-refractivity contribution in [3.05, 3.63) is 65.9 Å². The summed E-state index contributed by atoms with van der Waals surface area (Å²) >= 11 is 0. The molecule has 1 amide bonds. The van der Waals surface area contributed by atoms with Gasteiger partial charge in [-0.25, -0.2) is 9.37 Å². The van der Waals surface area contributed by atoms with E-state index in [0.717, 1.165) is 31.0 Å². The van der Waals surface area contributed by atoms with Crippen LogP contribution in [0.1, 0.15) is 42.1 Å². The number of pyridine rings is 1. The van der Waals surface area contributed by atoms with E-state index in [2.05, 4.69) is 22.1 Å². The molecule has 0 radical (unpaired) electrons. The summed E-state index contributed by atoms with van der Waals surface area (Å²) < 4.78 is 18.9. The van der Waals surface area contributed by atoms with Crippen LogP contribution in [0.3, 0.4) is 0 Å². The van der Waals surface area contributed by atoms with Crippen molar-refractivity contribution in [3.8, 4) is 11.6 Å². The van der Waals surface area contributed by atoms with Crippen LogP contribution in [0.4, 0.5) is 4.39 Å². The summed E-state index contributed by atoms with van der Waals surface area (Å²) in [7, 11) is 0. The number of carbonyl (C=O) groups is 1. The number of nitrogens with zero attached hydrogens (tertiary/aromatic N) is 5. The van der Waals surface area contributed by atoms with E-state index >= 15 is 0 Å². The van der Waals surface area contributed by atoms with Gasteiger partial charge >= 0.3 is 0 Å². The smallest absolute Gasteiger partial charge is 0.256 e. The van der Waals surface area contributed by atoms with Crippen molar-refractivity contribution in [1.82, 2.24) is 24.9 Å². The molecule has 1 aromatic carbocycles. The van der Waals surface area contributed by atoms with Crippen molar-refractivity contribution in [2.24, 2.45) is 5.92 Å². The maximum Gasteiger partial charge on any atom is 0.256 e. The molecule has 4 rings (SSSR count). The van der Waals surface area contributed by atoms with Crippen LogP contribution in [0.25, 0.3) is 5.69 Å². The number of aromatic nitrogens is 4. The largest absolute Gasteiger partial charge is 0.477 e. The van der Waals surface area contributed by atoms with Gasteiger partial charge in [-0.2, -0.15) is 15.0 Å². The van der Waals surface area contributed by atoms with Crippen molar-refractivity contribution in [2.75, 3.05) is 13.2 Å². The monoisotopic (exact) mass is 423 g/mol. The fourth-order valence-corrected chi connectivity index (χ4v) is 3.97. The van der Waals surface area contributed by atoms with Gasteiger partial charge in [0.05, 0.1) is 36.4 Å². The number of amides is 1. The first-order valence-corrected chi connectivity index (χ1v) is 10.5. The third-order valence-electron chi connectivity index (χ3n) is 5.67. The molecule has 1 saturated heterocycles. The third-order valence-corrected chi connectivity index (χ3v) is 5.67. The highest BCUT2D eigenvalue weighted by Gasteiger charge is 2.30. The van der Waals surface area contributed by atoms with E-state index in [1.54, 1.807) is 12.4 Å². The van der Waals surface area contributed by atoms with Gasteiger partial charge in [0.2, 0.25) is 5.88 Å². The fourth-order valence-electron chi connectivity index (χ4n) is 3.97. The second-order valence-corrected chi connectivity index (χ2v) is 8.07. The van der Waals surface area contributed by atoms with Crippen molar-refractivity contribution in [1.29, 1.82) is 0 Å². The Morgan fingerprint density at radius 3 is 2.74 bits per heavy atom. The highest BCUT2D eigenvalue weighted by Crippen LogP contribution is 2.26. The molecule has 1 aliphatic heterocycles. The summed E-state index contributed by atoms with van der Waals surface area (Å²) in [5.41, 5.74) is 2.26. The van der Waals surface area contributed by atoms with Crippen LogP contribution in [-0.4, -0.2) is 50.0 Å². The molecule has 0 bridgehead atoms. The molecule has 2 aromatic heterocycles. The van der Waals surface area contributed by atoms with Gasteiger partial charge in [0.15, 0.2) is 0 Å². The summed E-state index contributed by atoms with van der Waals surface area (Å²) in [6.07, 6.45) is 7.23. The molecule has 8 heteroatoms. The Morgan fingerprint density at radius 1 is 1.19 bits per heavy atom. The summed E-state index contributed by atoms with van der Waals surface area (Å²) in [6.45, 7) is 5.07. The number of halogens is 1. The first-order valence-electron chi connectivity index (χ1n) is 10.5. The number of hydrogen-bond acceptors (Lipinski definition) is 5. The van der Waals surface area contributed by atoms with Gasteiger partial charge in [-0.1, -0.05) is 18.1 Å². The van der Waals surface area contributed by atoms with Crippen LogP contribution in [0.2, 0.25) is 0 Å². The first-order chi connectivity index (χ1) is 15.0. The van der Waals surface area contributed by atoms with Crippen LogP contribution < -0.4 is 4.74 Å². The molecule has 3 heterocycles. The molecule has 31 heavy (non-hydrogen) atoms. The lowest BCUT2D eigenvalue weighted by molar-refractivity contribution is 0.0653. The summed E-state index contributed by atoms with van der Waals surface area (Å²) in [5, 5.41) is 8.41. The molecule has 0 N–H and O–H groups in total. The Balaban J connectivity index is 1.54. The van der Waals surface area contributed by atoms with Gasteiger partial charge in [-0.3, -0.25) is 4.79 Å². The van der Waals surface area contributed by atoms with Crippen molar-refractivity contribution >= 4 is 5.91 Å². The van der Waals surface area contributed by atoms with E-state index in [-0.39, 0.29) is 17.9 Å². The molecular formula is C23H26FN5O2. The molecule has 2 unspecified atom stereocenters. The van der Waals surface area contributed by atoms with Crippen molar-refractivity contribution < 1.29 is 13.9 Å². The summed E-state index contributed by atoms with van der Waals surface area (Å²) in [5.74, 6) is 0.127. The minimum atomic E-state index is -0.395. The molecule has 7 nitrogen and oxygen atoms in total. The van der Waals surface area contributed by atoms with Gasteiger partial charge in [0.1, 0.15) is 5.82 Å². The number of rotatable bonds is 5. The number of ether oxygens (including phenoxy) is 1. The number of aryl methyl sites for hydroxylation is 1. The molecule has 3 aromatic rings. The topological polar surface area (TPSA) is 73.1 Å². The van der Waals surface area contributed by atoms with Crippen LogP contribution in [0, 0.1) is 18.7 Å². The van der Waals surface area contributed by atoms with Crippen molar-refractivity contribution in [3.63, 3.8) is 0 Å². The predicted octanol–water partition coefficient (Wildman–Crippen LogP) is 3.82. The third kappa shape index (κ3) is 4.90. The second-order valence-electron chi connectivity index (χ2n) is 8.07. The van der Waals surface area contributed by atoms with Gasteiger partial charge in [-0.05, 0) is 44.9 Å². The van der Waals surface area contributed by atoms with Gasteiger partial charge in [0, 0.05) is 24.6 Å². The van der Waals surface area contributed by atoms with Gasteiger partial charge in [0.25, 0.3) is 5.91 Å². The molecule has 2 atom stereocenters. The normalized spacial score (nSPS) is 19.1. The van der Waals surface area contributed by atoms with Crippen LogP contribution in [0.15, 0.2) is 48.9 Å². The second kappa shape index (κ2) is 9.24. The lowest BCUT2D eigenvalue weighted by atomic mass is 10.0. The van der Waals surface area contributed by atoms with E-state index in [1.807, 2.05) is 30.0 Å². The first kappa shape index (κ1) is 21.0. The molecule has 1 fully saturated rings. The highest BCUT2D eigenvalue weighted by molar-refractivity contribution is 5.98. The molecule has 162 valence electrons. The standard InChI is InChI=1S/C23H26FN5O2/c1-16-6-8-21(29-26-10-11-27-29)20(12-16)23(30)28-14-18(5-3-4-17(28)2)15-31-22-9-7-19(24)13-25-22/h6-13,17-18H,3-5,14-15H2,1-2H3. The minimum absolute atomic E-state index is 0.0321. The molecule has 0 saturated carbocycles. The highest BCUT2D eigenvalue weighted by atomic mass is 19.1. The van der Waals surface area contributed by atoms with E-state index in [4.69, 9.17) is 4.74 Å². The van der Waals surface area contributed by atoms with Crippen LogP contribution >= 0.6 is 0 Å². The van der Waals surface area contributed by atoms with Gasteiger partial charge < -0.3 is 9.64 Å². The Kier molecular flexibility index (Phi) is 6.25. The fraction of sp³-hybridized carbons (Fsp3) is 0.391. The average molecular weight is 423 g/mol. The maximum absolute atomic E-state index is 13.7. The zero-order chi connectivity index (χ0) is 21.8. The number of likely N-dealkylation sites (tertiary alicyclic amines) is 1. The average Bonchev–Trinajstić information content (AvgIpc) is 3.23. The molecular weight excluding hydrogens is 397 g/mol. The van der Waals surface area contributed by atoms with Crippen molar-refractivity contribution in [2.45, 2.75) is 39.2 Å². The minimum Gasteiger partial charge on any atom is -0.477 e. The Morgan fingerprint density at radius 2 is 2.00 bits per heavy atom. The predicted molar refractivity (Wildman–Crippen MR) is 114 cm³/mol. The van der Waals surface area contributed by atoms with E-state index < -0.39 is 5.82 Å². The summed E-state index contributed by atoms with van der Waals surface area (Å²) in [4.78, 5) is 21.0. The quantitative estimate of drug-likeness (QED) is 0.624. The molecule has 0 spiro atoms. The number of hydrogen-bond donors (Lipinski definition) is 0. The van der Waals surface area contributed by atoms with Gasteiger partial charge in [-0.15, -0.1) is 0 Å². The zero-order valence-corrected chi connectivity index (χ0v) is 17.7. The van der Waals surface area contributed by atoms with E-state index in [1.165, 1.54) is 16.9 Å². The number of benzene rings is 1. The molecule has 0 aliphatic carbocycles. The SMILES string of the molecule is Cc1ccc(-n2nccn2)c(C(=O)N2CC(COc3ccc(F)cn3)CCCC2C)c1. The maximum atomic E-state index is 13.7.